The fourth-order valence-electron chi connectivity index (χ4n) is 1.55. The summed E-state index contributed by atoms with van der Waals surface area (Å²) < 4.78 is 27.0. The van der Waals surface area contributed by atoms with Crippen molar-refractivity contribution in [1.82, 2.24) is 4.98 Å². The van der Waals surface area contributed by atoms with Crippen LogP contribution in [-0.2, 0) is 10.0 Å². The van der Waals surface area contributed by atoms with Gasteiger partial charge in [-0.3, -0.25) is 4.72 Å². The van der Waals surface area contributed by atoms with Crippen LogP contribution in [0.25, 0.3) is 0 Å². The number of benzene rings is 1. The zero-order valence-electron chi connectivity index (χ0n) is 10.6. The van der Waals surface area contributed by atoms with Crippen molar-refractivity contribution in [2.75, 3.05) is 10.5 Å². The van der Waals surface area contributed by atoms with E-state index in [1.165, 1.54) is 23.5 Å². The van der Waals surface area contributed by atoms with Crippen molar-refractivity contribution in [1.29, 1.82) is 0 Å². The Bertz CT molecular complexity index is 729. The monoisotopic (exact) mass is 351 g/mol. The van der Waals surface area contributed by atoms with E-state index in [0.717, 1.165) is 10.6 Å². The molecular formula is C11H11Cl2N3O2S2. The van der Waals surface area contributed by atoms with Crippen molar-refractivity contribution in [2.45, 2.75) is 18.7 Å². The molecule has 0 unspecified atom stereocenters. The van der Waals surface area contributed by atoms with Gasteiger partial charge in [-0.05, 0) is 26.0 Å². The number of thiazole rings is 1. The average molecular weight is 352 g/mol. The van der Waals surface area contributed by atoms with Gasteiger partial charge >= 0.3 is 0 Å². The van der Waals surface area contributed by atoms with Gasteiger partial charge in [-0.15, -0.1) is 11.3 Å². The van der Waals surface area contributed by atoms with Crippen molar-refractivity contribution in [3.05, 3.63) is 32.7 Å². The number of nitrogens with zero attached hydrogens (tertiary/aromatic N) is 1. The molecule has 3 N–H and O–H groups in total. The number of nitrogen functional groups attached to an aromatic ring is 1. The van der Waals surface area contributed by atoms with Crippen molar-refractivity contribution in [3.63, 3.8) is 0 Å². The molecule has 0 fully saturated rings. The predicted octanol–water partition coefficient (Wildman–Crippen LogP) is 3.45. The van der Waals surface area contributed by atoms with Crippen LogP contribution in [0.3, 0.4) is 0 Å². The van der Waals surface area contributed by atoms with Crippen LogP contribution in [0, 0.1) is 13.8 Å². The highest BCUT2D eigenvalue weighted by molar-refractivity contribution is 7.93. The van der Waals surface area contributed by atoms with Crippen LogP contribution >= 0.6 is 34.5 Å². The zero-order chi connectivity index (χ0) is 15.1. The number of anilines is 2. The number of hydrogen-bond acceptors (Lipinski definition) is 5. The molecule has 1 heterocycles. The number of aryl methyl sites for hydroxylation is 2. The van der Waals surface area contributed by atoms with Gasteiger partial charge in [-0.2, -0.15) is 0 Å². The zero-order valence-corrected chi connectivity index (χ0v) is 13.7. The number of rotatable bonds is 3. The molecule has 1 aromatic heterocycles. The van der Waals surface area contributed by atoms with E-state index >= 15 is 0 Å². The summed E-state index contributed by atoms with van der Waals surface area (Å²) in [6.07, 6.45) is 0. The molecule has 0 saturated carbocycles. The molecule has 0 saturated heterocycles. The molecule has 0 spiro atoms. The largest absolute Gasteiger partial charge is 0.398 e. The summed E-state index contributed by atoms with van der Waals surface area (Å²) in [5, 5.41) is 0.505. The number of nitrogens with two attached hydrogens (primary N) is 1. The Morgan fingerprint density at radius 2 is 1.95 bits per heavy atom. The molecule has 0 aliphatic carbocycles. The third-order valence-corrected chi connectivity index (χ3v) is 5.76. The second-order valence-corrected chi connectivity index (χ2v) is 7.74. The van der Waals surface area contributed by atoms with E-state index in [4.69, 9.17) is 28.9 Å². The number of halogens is 2. The van der Waals surface area contributed by atoms with Crippen LogP contribution in [0.4, 0.5) is 10.8 Å². The van der Waals surface area contributed by atoms with Gasteiger partial charge in [0.25, 0.3) is 10.0 Å². The SMILES string of the molecule is Cc1nc(NS(=O)(=O)c2c(N)cc(Cl)cc2Cl)sc1C. The quantitative estimate of drug-likeness (QED) is 0.829. The Labute approximate surface area is 130 Å². The molecule has 2 aromatic rings. The highest BCUT2D eigenvalue weighted by atomic mass is 35.5. The predicted molar refractivity (Wildman–Crippen MR) is 83.3 cm³/mol. The molecule has 1 aromatic carbocycles. The van der Waals surface area contributed by atoms with Crippen LogP contribution in [0.5, 0.6) is 0 Å². The van der Waals surface area contributed by atoms with Gasteiger partial charge in [0.1, 0.15) is 4.90 Å². The van der Waals surface area contributed by atoms with E-state index in [1.54, 1.807) is 6.92 Å². The molecule has 0 radical (unpaired) electrons. The maximum absolute atomic E-state index is 12.3. The van der Waals surface area contributed by atoms with Gasteiger partial charge in [0.2, 0.25) is 0 Å². The first-order valence-electron chi connectivity index (χ1n) is 5.42. The lowest BCUT2D eigenvalue weighted by Gasteiger charge is -2.10. The van der Waals surface area contributed by atoms with E-state index in [0.29, 0.717) is 0 Å². The van der Waals surface area contributed by atoms with Crippen LogP contribution in [0.2, 0.25) is 10.0 Å². The van der Waals surface area contributed by atoms with Gasteiger partial charge in [-0.1, -0.05) is 23.2 Å². The molecule has 0 aliphatic rings. The van der Waals surface area contributed by atoms with Gasteiger partial charge < -0.3 is 5.73 Å². The first-order valence-corrected chi connectivity index (χ1v) is 8.47. The third-order valence-electron chi connectivity index (χ3n) is 2.56. The van der Waals surface area contributed by atoms with Crippen molar-refractivity contribution in [3.8, 4) is 0 Å². The molecule has 108 valence electrons. The molecule has 0 bridgehead atoms. The Morgan fingerprint density at radius 3 is 2.45 bits per heavy atom. The summed E-state index contributed by atoms with van der Waals surface area (Å²) in [6, 6.07) is 2.66. The normalized spacial score (nSPS) is 11.6. The van der Waals surface area contributed by atoms with Crippen molar-refractivity contribution >= 4 is 55.4 Å². The smallest absolute Gasteiger partial charge is 0.267 e. The Hall–Kier alpha value is -1.02. The lowest BCUT2D eigenvalue weighted by atomic mass is 10.3. The Morgan fingerprint density at radius 1 is 1.30 bits per heavy atom. The van der Waals surface area contributed by atoms with Crippen LogP contribution in [-0.4, -0.2) is 13.4 Å². The Balaban J connectivity index is 2.46. The molecule has 0 amide bonds. The molecule has 5 nitrogen and oxygen atoms in total. The molecule has 0 aliphatic heterocycles. The maximum atomic E-state index is 12.3. The van der Waals surface area contributed by atoms with Gasteiger partial charge in [0.15, 0.2) is 5.13 Å². The molecule has 0 atom stereocenters. The van der Waals surface area contributed by atoms with Crippen LogP contribution < -0.4 is 10.5 Å². The Kier molecular flexibility index (Phi) is 4.15. The molecule has 20 heavy (non-hydrogen) atoms. The topological polar surface area (TPSA) is 85.1 Å². The summed E-state index contributed by atoms with van der Waals surface area (Å²) in [5.41, 5.74) is 6.44. The van der Waals surface area contributed by atoms with Gasteiger partial charge in [-0.25, -0.2) is 13.4 Å². The number of sulfonamides is 1. The summed E-state index contributed by atoms with van der Waals surface area (Å²) in [6.45, 7) is 3.65. The summed E-state index contributed by atoms with van der Waals surface area (Å²) in [5.74, 6) is 0. The first-order chi connectivity index (χ1) is 9.20. The second-order valence-electron chi connectivity index (χ2n) is 4.07. The van der Waals surface area contributed by atoms with Crippen molar-refractivity contribution in [2.24, 2.45) is 0 Å². The fourth-order valence-corrected chi connectivity index (χ4v) is 4.58. The first kappa shape index (κ1) is 15.4. The minimum atomic E-state index is -3.91. The lowest BCUT2D eigenvalue weighted by Crippen LogP contribution is -2.15. The number of aromatic nitrogens is 1. The van der Waals surface area contributed by atoms with E-state index < -0.39 is 10.0 Å². The van der Waals surface area contributed by atoms with Crippen LogP contribution in [0.15, 0.2) is 17.0 Å². The van der Waals surface area contributed by atoms with Crippen LogP contribution in [0.1, 0.15) is 10.6 Å². The lowest BCUT2D eigenvalue weighted by molar-refractivity contribution is 0.601. The third kappa shape index (κ3) is 3.01. The molecular weight excluding hydrogens is 341 g/mol. The summed E-state index contributed by atoms with van der Waals surface area (Å²) >= 11 is 12.9. The minimum Gasteiger partial charge on any atom is -0.398 e. The maximum Gasteiger partial charge on any atom is 0.267 e. The van der Waals surface area contributed by atoms with E-state index in [-0.39, 0.29) is 25.8 Å². The van der Waals surface area contributed by atoms with E-state index in [2.05, 4.69) is 9.71 Å². The summed E-state index contributed by atoms with van der Waals surface area (Å²) in [4.78, 5) is 4.84. The fraction of sp³-hybridized carbons (Fsp3) is 0.182. The highest BCUT2D eigenvalue weighted by Gasteiger charge is 2.23. The standard InChI is InChI=1S/C11H11Cl2N3O2S2/c1-5-6(2)19-11(15-5)16-20(17,18)10-8(13)3-7(12)4-9(10)14/h3-4H,14H2,1-2H3,(H,15,16). The molecule has 2 rings (SSSR count). The average Bonchev–Trinajstić information content (AvgIpc) is 2.54. The number of nitrogens with one attached hydrogen (secondary N) is 1. The van der Waals surface area contributed by atoms with Crippen molar-refractivity contribution < 1.29 is 8.42 Å². The highest BCUT2D eigenvalue weighted by Crippen LogP contribution is 2.33. The molecule has 9 heteroatoms. The van der Waals surface area contributed by atoms with E-state index in [9.17, 15) is 8.42 Å². The van der Waals surface area contributed by atoms with Gasteiger partial charge in [0.05, 0.1) is 16.4 Å². The van der Waals surface area contributed by atoms with E-state index in [1.807, 2.05) is 6.92 Å². The van der Waals surface area contributed by atoms with Gasteiger partial charge in [0, 0.05) is 9.90 Å². The second kappa shape index (κ2) is 5.40. The minimum absolute atomic E-state index is 0.0139. The summed E-state index contributed by atoms with van der Waals surface area (Å²) in [7, 11) is -3.91. The number of hydrogen-bond donors (Lipinski definition) is 2.